The molecule has 0 bridgehead atoms. The van der Waals surface area contributed by atoms with Crippen molar-refractivity contribution in [3.05, 3.63) is 70.9 Å². The summed E-state index contributed by atoms with van der Waals surface area (Å²) in [6.07, 6.45) is -10.8. The number of aromatic nitrogens is 4. The molecule has 0 aliphatic heterocycles. The summed E-state index contributed by atoms with van der Waals surface area (Å²) in [6, 6.07) is 4.41. The van der Waals surface area contributed by atoms with E-state index in [1.165, 1.54) is 12.3 Å². The van der Waals surface area contributed by atoms with Crippen LogP contribution >= 0.6 is 11.6 Å². The first-order valence-corrected chi connectivity index (χ1v) is 7.92. The van der Waals surface area contributed by atoms with Gasteiger partial charge in [-0.1, -0.05) is 11.6 Å². The summed E-state index contributed by atoms with van der Waals surface area (Å²) in [5.41, 5.74) is -3.35. The minimum atomic E-state index is -4.73. The molecule has 3 heterocycles. The van der Waals surface area contributed by atoms with Gasteiger partial charge in [-0.3, -0.25) is 0 Å². The van der Waals surface area contributed by atoms with Gasteiger partial charge < -0.3 is 0 Å². The van der Waals surface area contributed by atoms with Crippen molar-refractivity contribution >= 4 is 11.6 Å². The van der Waals surface area contributed by atoms with Crippen molar-refractivity contribution in [3.8, 4) is 5.82 Å². The molecular formula is C16H8ClF9N4. The van der Waals surface area contributed by atoms with Crippen LogP contribution in [0.3, 0.4) is 0 Å². The van der Waals surface area contributed by atoms with Gasteiger partial charge in [0, 0.05) is 18.6 Å². The third kappa shape index (κ3) is 5.84. The Bertz CT molecular complexity index is 993. The fourth-order valence-electron chi connectivity index (χ4n) is 1.99. The van der Waals surface area contributed by atoms with Crippen LogP contribution in [0, 0.1) is 0 Å². The van der Waals surface area contributed by atoms with E-state index in [0.717, 1.165) is 30.6 Å². The Morgan fingerprint density at radius 3 is 1.67 bits per heavy atom. The number of nitrogens with zero attached hydrogens (tertiary/aromatic N) is 4. The molecule has 4 nitrogen and oxygen atoms in total. The van der Waals surface area contributed by atoms with E-state index in [0.29, 0.717) is 10.7 Å². The van der Waals surface area contributed by atoms with E-state index < -0.39 is 46.3 Å². The fourth-order valence-corrected chi connectivity index (χ4v) is 2.22. The van der Waals surface area contributed by atoms with Gasteiger partial charge in [0.2, 0.25) is 0 Å². The Labute approximate surface area is 166 Å². The third-order valence-corrected chi connectivity index (χ3v) is 3.55. The first-order valence-electron chi connectivity index (χ1n) is 7.54. The van der Waals surface area contributed by atoms with Gasteiger partial charge in [0.05, 0.1) is 5.56 Å². The Morgan fingerprint density at radius 2 is 1.23 bits per heavy atom. The van der Waals surface area contributed by atoms with Crippen molar-refractivity contribution in [1.29, 1.82) is 0 Å². The van der Waals surface area contributed by atoms with Gasteiger partial charge in [0.1, 0.15) is 10.7 Å². The summed E-state index contributed by atoms with van der Waals surface area (Å²) in [5.74, 6) is -0.703. The van der Waals surface area contributed by atoms with Gasteiger partial charge >= 0.3 is 18.5 Å². The predicted octanol–water partition coefficient (Wildman–Crippen LogP) is 6.06. The van der Waals surface area contributed by atoms with Gasteiger partial charge in [-0.2, -0.15) is 44.6 Å². The fraction of sp³-hybridized carbons (Fsp3) is 0.188. The zero-order valence-corrected chi connectivity index (χ0v) is 14.9. The largest absolute Gasteiger partial charge is 0.435 e. The van der Waals surface area contributed by atoms with Gasteiger partial charge in [-0.25, -0.2) is 14.6 Å². The molecule has 0 amide bonds. The highest BCUT2D eigenvalue weighted by Crippen LogP contribution is 2.34. The molecular weight excluding hydrogens is 455 g/mol. The van der Waals surface area contributed by atoms with Crippen LogP contribution in [-0.4, -0.2) is 19.7 Å². The standard InChI is InChI=1S/C10H5F6N3.C6H3ClF3N/c11-9(12,13)6-2-1-4-17-8(6)19-5-3-7(18-19)10(14,15)16;7-5-4(6(8,9)10)2-1-3-11-5/h1-5H;1-3H. The maximum atomic E-state index is 12.7. The van der Waals surface area contributed by atoms with Crippen LogP contribution in [0.2, 0.25) is 5.15 Å². The lowest BCUT2D eigenvalue weighted by atomic mass is 10.2. The van der Waals surface area contributed by atoms with E-state index in [2.05, 4.69) is 15.1 Å². The highest BCUT2D eigenvalue weighted by molar-refractivity contribution is 6.30. The van der Waals surface area contributed by atoms with Crippen molar-refractivity contribution in [1.82, 2.24) is 19.7 Å². The van der Waals surface area contributed by atoms with E-state index in [9.17, 15) is 39.5 Å². The lowest BCUT2D eigenvalue weighted by Crippen LogP contribution is -2.13. The van der Waals surface area contributed by atoms with Crippen molar-refractivity contribution in [2.75, 3.05) is 0 Å². The van der Waals surface area contributed by atoms with Crippen LogP contribution in [0.4, 0.5) is 39.5 Å². The molecule has 3 aromatic heterocycles. The molecule has 14 heteroatoms. The van der Waals surface area contributed by atoms with Gasteiger partial charge in [-0.05, 0) is 30.3 Å². The number of hydrogen-bond acceptors (Lipinski definition) is 3. The maximum absolute atomic E-state index is 12.7. The Morgan fingerprint density at radius 1 is 0.700 bits per heavy atom. The summed E-state index contributed by atoms with van der Waals surface area (Å²) in [5, 5.41) is 2.54. The number of pyridine rings is 2. The SMILES string of the molecule is FC(F)(F)c1cccnc1Cl.FC(F)(F)c1ccn(-c2ncccc2C(F)(F)F)n1. The zero-order chi connectivity index (χ0) is 22.7. The topological polar surface area (TPSA) is 43.6 Å². The van der Waals surface area contributed by atoms with Crippen LogP contribution in [0.5, 0.6) is 0 Å². The molecule has 0 saturated carbocycles. The van der Waals surface area contributed by atoms with Crippen LogP contribution in [0.1, 0.15) is 16.8 Å². The van der Waals surface area contributed by atoms with E-state index in [4.69, 9.17) is 11.6 Å². The smallest absolute Gasteiger partial charge is 0.244 e. The molecule has 0 unspecified atom stereocenters. The highest BCUT2D eigenvalue weighted by Gasteiger charge is 2.37. The quantitative estimate of drug-likeness (QED) is 0.326. The average Bonchev–Trinajstić information content (AvgIpc) is 3.11. The number of rotatable bonds is 1. The predicted molar refractivity (Wildman–Crippen MR) is 85.6 cm³/mol. The normalized spacial score (nSPS) is 12.3. The molecule has 0 saturated heterocycles. The van der Waals surface area contributed by atoms with Crippen LogP contribution < -0.4 is 0 Å². The van der Waals surface area contributed by atoms with Crippen molar-refractivity contribution in [2.45, 2.75) is 18.5 Å². The first kappa shape index (κ1) is 23.4. The van der Waals surface area contributed by atoms with Gasteiger partial charge in [-0.15, -0.1) is 0 Å². The number of halogens is 10. The summed E-state index contributed by atoms with van der Waals surface area (Å²) in [4.78, 5) is 6.71. The van der Waals surface area contributed by atoms with E-state index in [1.54, 1.807) is 0 Å². The first-order chi connectivity index (χ1) is 13.7. The molecule has 0 atom stereocenters. The molecule has 30 heavy (non-hydrogen) atoms. The molecule has 0 radical (unpaired) electrons. The van der Waals surface area contributed by atoms with Crippen LogP contribution in [-0.2, 0) is 18.5 Å². The maximum Gasteiger partial charge on any atom is 0.435 e. The summed E-state index contributed by atoms with van der Waals surface area (Å²) >= 11 is 5.18. The second-order valence-electron chi connectivity index (χ2n) is 5.36. The average molecular weight is 463 g/mol. The minimum Gasteiger partial charge on any atom is -0.244 e. The Hall–Kier alpha value is -2.83. The second-order valence-corrected chi connectivity index (χ2v) is 5.71. The third-order valence-electron chi connectivity index (χ3n) is 3.25. The molecule has 0 fully saturated rings. The molecule has 162 valence electrons. The van der Waals surface area contributed by atoms with Crippen molar-refractivity contribution in [2.24, 2.45) is 0 Å². The van der Waals surface area contributed by atoms with Crippen molar-refractivity contribution in [3.63, 3.8) is 0 Å². The summed E-state index contributed by atoms with van der Waals surface area (Å²) < 4.78 is 111. The van der Waals surface area contributed by atoms with E-state index in [-0.39, 0.29) is 0 Å². The molecule has 0 aliphatic carbocycles. The molecule has 0 spiro atoms. The van der Waals surface area contributed by atoms with Crippen molar-refractivity contribution < 1.29 is 39.5 Å². The Kier molecular flexibility index (Phi) is 6.64. The number of alkyl halides is 9. The molecule has 3 rings (SSSR count). The minimum absolute atomic E-state index is 0.450. The molecule has 0 N–H and O–H groups in total. The van der Waals surface area contributed by atoms with E-state index >= 15 is 0 Å². The second kappa shape index (κ2) is 8.50. The van der Waals surface area contributed by atoms with Gasteiger partial charge in [0.15, 0.2) is 11.5 Å². The Balaban J connectivity index is 0.000000248. The van der Waals surface area contributed by atoms with Crippen LogP contribution in [0.15, 0.2) is 48.9 Å². The highest BCUT2D eigenvalue weighted by atomic mass is 35.5. The number of hydrogen-bond donors (Lipinski definition) is 0. The molecule has 0 aliphatic rings. The molecule has 0 aromatic carbocycles. The van der Waals surface area contributed by atoms with Crippen LogP contribution in [0.25, 0.3) is 5.82 Å². The summed E-state index contributed by atoms with van der Waals surface area (Å²) in [6.45, 7) is 0. The lowest BCUT2D eigenvalue weighted by Gasteiger charge is -2.11. The van der Waals surface area contributed by atoms with E-state index in [1.807, 2.05) is 0 Å². The van der Waals surface area contributed by atoms with Gasteiger partial charge in [0.25, 0.3) is 0 Å². The molecule has 3 aromatic rings. The monoisotopic (exact) mass is 462 g/mol. The zero-order valence-electron chi connectivity index (χ0n) is 14.2. The summed E-state index contributed by atoms with van der Waals surface area (Å²) in [7, 11) is 0. The lowest BCUT2D eigenvalue weighted by molar-refractivity contribution is -0.141.